The lowest BCUT2D eigenvalue weighted by molar-refractivity contribution is -0.386. The lowest BCUT2D eigenvalue weighted by Crippen LogP contribution is -2.11. The maximum absolute atomic E-state index is 13.2. The van der Waals surface area contributed by atoms with Crippen molar-refractivity contribution in [2.24, 2.45) is 0 Å². The van der Waals surface area contributed by atoms with Gasteiger partial charge in [-0.15, -0.1) is 11.3 Å². The monoisotopic (exact) mass is 310 g/mol. The van der Waals surface area contributed by atoms with Crippen LogP contribution >= 0.6 is 11.3 Å². The van der Waals surface area contributed by atoms with E-state index in [2.05, 4.69) is 4.98 Å². The molecular formula is C14H15FN2O3S. The van der Waals surface area contributed by atoms with Crippen LogP contribution in [0, 0.1) is 15.9 Å². The molecule has 2 aromatic rings. The molecule has 7 heteroatoms. The van der Waals surface area contributed by atoms with E-state index < -0.39 is 10.7 Å². The summed E-state index contributed by atoms with van der Waals surface area (Å²) in [6.45, 7) is 6.21. The Morgan fingerprint density at radius 2 is 2.14 bits per heavy atom. The van der Waals surface area contributed by atoms with Gasteiger partial charge in [0.2, 0.25) is 0 Å². The van der Waals surface area contributed by atoms with Gasteiger partial charge in [-0.1, -0.05) is 20.8 Å². The number of nitro groups is 1. The molecule has 21 heavy (non-hydrogen) atoms. The molecule has 0 atom stereocenters. The van der Waals surface area contributed by atoms with Gasteiger partial charge in [0.25, 0.3) is 0 Å². The van der Waals surface area contributed by atoms with Crippen molar-refractivity contribution >= 4 is 17.0 Å². The third-order valence-corrected chi connectivity index (χ3v) is 3.61. The molecule has 5 nitrogen and oxygen atoms in total. The van der Waals surface area contributed by atoms with Crippen molar-refractivity contribution in [3.8, 4) is 5.75 Å². The van der Waals surface area contributed by atoms with Crippen molar-refractivity contribution in [3.63, 3.8) is 0 Å². The van der Waals surface area contributed by atoms with Crippen LogP contribution in [0.4, 0.5) is 10.1 Å². The van der Waals surface area contributed by atoms with Crippen LogP contribution in [-0.2, 0) is 12.0 Å². The molecule has 0 fully saturated rings. The molecule has 0 spiro atoms. The Bertz CT molecular complexity index is 664. The number of benzene rings is 1. The predicted molar refractivity (Wildman–Crippen MR) is 78.2 cm³/mol. The number of halogens is 1. The van der Waals surface area contributed by atoms with Crippen molar-refractivity contribution in [2.75, 3.05) is 0 Å². The molecule has 112 valence electrons. The molecule has 0 amide bonds. The van der Waals surface area contributed by atoms with Crippen LogP contribution in [-0.4, -0.2) is 9.91 Å². The first-order valence-electron chi connectivity index (χ1n) is 6.29. The number of ether oxygens (including phenoxy) is 1. The first kappa shape index (κ1) is 15.4. The van der Waals surface area contributed by atoms with E-state index in [0.717, 1.165) is 23.9 Å². The summed E-state index contributed by atoms with van der Waals surface area (Å²) in [6.07, 6.45) is 0. The van der Waals surface area contributed by atoms with Gasteiger partial charge in [-0.25, -0.2) is 9.37 Å². The van der Waals surface area contributed by atoms with Crippen molar-refractivity contribution in [2.45, 2.75) is 32.8 Å². The maximum Gasteiger partial charge on any atom is 0.311 e. The van der Waals surface area contributed by atoms with Crippen LogP contribution in [0.1, 0.15) is 31.5 Å². The van der Waals surface area contributed by atoms with Crippen molar-refractivity contribution in [3.05, 3.63) is 50.2 Å². The van der Waals surface area contributed by atoms with Gasteiger partial charge < -0.3 is 4.74 Å². The third kappa shape index (κ3) is 3.75. The van der Waals surface area contributed by atoms with Crippen LogP contribution in [0.15, 0.2) is 23.6 Å². The van der Waals surface area contributed by atoms with Crippen molar-refractivity contribution < 1.29 is 14.1 Å². The zero-order valence-electron chi connectivity index (χ0n) is 11.9. The number of hydrogen-bond donors (Lipinski definition) is 0. The fraction of sp³-hybridized carbons (Fsp3) is 0.357. The Morgan fingerprint density at radius 3 is 2.71 bits per heavy atom. The largest absolute Gasteiger partial charge is 0.479 e. The van der Waals surface area contributed by atoms with Crippen LogP contribution < -0.4 is 4.74 Å². The lowest BCUT2D eigenvalue weighted by Gasteiger charge is -2.14. The Kier molecular flexibility index (Phi) is 4.22. The number of nitrogens with zero attached hydrogens (tertiary/aromatic N) is 2. The second-order valence-electron chi connectivity index (χ2n) is 5.53. The summed E-state index contributed by atoms with van der Waals surface area (Å²) in [4.78, 5) is 14.7. The third-order valence-electron chi connectivity index (χ3n) is 2.79. The number of rotatable bonds is 4. The van der Waals surface area contributed by atoms with Crippen molar-refractivity contribution in [1.82, 2.24) is 4.98 Å². The fourth-order valence-corrected chi connectivity index (χ4v) is 2.55. The number of hydrogen-bond acceptors (Lipinski definition) is 5. The Balaban J connectivity index is 2.15. The van der Waals surface area contributed by atoms with E-state index in [1.807, 2.05) is 26.2 Å². The second-order valence-corrected chi connectivity index (χ2v) is 6.48. The molecule has 0 aliphatic rings. The molecule has 0 aliphatic heterocycles. The molecule has 0 unspecified atom stereocenters. The minimum Gasteiger partial charge on any atom is -0.479 e. The van der Waals surface area contributed by atoms with Crippen molar-refractivity contribution in [1.29, 1.82) is 0 Å². The molecular weight excluding hydrogens is 295 g/mol. The Labute approximate surface area is 125 Å². The summed E-state index contributed by atoms with van der Waals surface area (Å²) in [6, 6.07) is 3.13. The first-order valence-corrected chi connectivity index (χ1v) is 7.17. The Hall–Kier alpha value is -2.02. The van der Waals surface area contributed by atoms with E-state index in [9.17, 15) is 14.5 Å². The van der Waals surface area contributed by atoms with Crippen LogP contribution in [0.5, 0.6) is 5.75 Å². The molecule has 1 heterocycles. The van der Waals surface area contributed by atoms with E-state index in [4.69, 9.17) is 4.74 Å². The zero-order valence-corrected chi connectivity index (χ0v) is 12.7. The van der Waals surface area contributed by atoms with E-state index >= 15 is 0 Å². The summed E-state index contributed by atoms with van der Waals surface area (Å²) in [5, 5.41) is 13.5. The highest BCUT2D eigenvalue weighted by atomic mass is 32.1. The fourth-order valence-electron chi connectivity index (χ4n) is 1.62. The summed E-state index contributed by atoms with van der Waals surface area (Å²) in [5.41, 5.74) is 0.600. The summed E-state index contributed by atoms with van der Waals surface area (Å²) in [7, 11) is 0. The van der Waals surface area contributed by atoms with Crippen LogP contribution in [0.3, 0.4) is 0 Å². The lowest BCUT2D eigenvalue weighted by atomic mass is 9.93. The molecule has 2 rings (SSSR count). The van der Waals surface area contributed by atoms with Gasteiger partial charge >= 0.3 is 5.69 Å². The van der Waals surface area contributed by atoms with Crippen LogP contribution in [0.25, 0.3) is 0 Å². The molecule has 0 N–H and O–H groups in total. The van der Waals surface area contributed by atoms with Gasteiger partial charge in [0.15, 0.2) is 5.75 Å². The average Bonchev–Trinajstić information content (AvgIpc) is 2.84. The molecule has 0 saturated carbocycles. The zero-order chi connectivity index (χ0) is 15.6. The van der Waals surface area contributed by atoms with E-state index in [1.54, 1.807) is 0 Å². The molecule has 0 radical (unpaired) electrons. The highest BCUT2D eigenvalue weighted by molar-refractivity contribution is 7.09. The van der Waals surface area contributed by atoms with Gasteiger partial charge in [-0.2, -0.15) is 0 Å². The molecule has 1 aromatic carbocycles. The van der Waals surface area contributed by atoms with Gasteiger partial charge in [-0.3, -0.25) is 10.1 Å². The molecule has 1 aromatic heterocycles. The number of aromatic nitrogens is 1. The smallest absolute Gasteiger partial charge is 0.311 e. The Morgan fingerprint density at radius 1 is 1.43 bits per heavy atom. The molecule has 0 aliphatic carbocycles. The van der Waals surface area contributed by atoms with E-state index in [-0.39, 0.29) is 23.5 Å². The quantitative estimate of drug-likeness (QED) is 0.631. The second kappa shape index (κ2) is 5.77. The molecule has 0 bridgehead atoms. The number of nitro benzene ring substituents is 1. The summed E-state index contributed by atoms with van der Waals surface area (Å²) in [5.74, 6) is -0.669. The standard InChI is InChI=1S/C14H15FN2O3S/c1-14(2,3)12-8-21-13(16-12)7-20-11-6-9(15)4-5-10(11)17(18)19/h4-6,8H,7H2,1-3H3. The minimum absolute atomic E-state index is 0.0698. The van der Waals surface area contributed by atoms with Gasteiger partial charge in [0, 0.05) is 22.9 Å². The predicted octanol–water partition coefficient (Wildman–Crippen LogP) is 4.07. The average molecular weight is 310 g/mol. The van der Waals surface area contributed by atoms with Crippen LogP contribution in [0.2, 0.25) is 0 Å². The SMILES string of the molecule is CC(C)(C)c1csc(COc2cc(F)ccc2[N+](=O)[O-])n1. The molecule has 0 saturated heterocycles. The highest BCUT2D eigenvalue weighted by Gasteiger charge is 2.19. The van der Waals surface area contributed by atoms with Gasteiger partial charge in [0.1, 0.15) is 17.4 Å². The topological polar surface area (TPSA) is 65.3 Å². The number of thiazole rings is 1. The van der Waals surface area contributed by atoms with Gasteiger partial charge in [-0.05, 0) is 6.07 Å². The highest BCUT2D eigenvalue weighted by Crippen LogP contribution is 2.29. The van der Waals surface area contributed by atoms with E-state index in [1.165, 1.54) is 11.3 Å². The minimum atomic E-state index is -0.600. The maximum atomic E-state index is 13.2. The normalized spacial score (nSPS) is 11.4. The summed E-state index contributed by atoms with van der Waals surface area (Å²) >= 11 is 1.41. The van der Waals surface area contributed by atoms with Gasteiger partial charge in [0.05, 0.1) is 10.6 Å². The van der Waals surface area contributed by atoms with E-state index in [0.29, 0.717) is 5.01 Å². The first-order chi connectivity index (χ1) is 9.77. The summed E-state index contributed by atoms with van der Waals surface area (Å²) < 4.78 is 18.5.